The van der Waals surface area contributed by atoms with Crippen LogP contribution < -0.4 is 5.56 Å². The normalized spacial score (nSPS) is 11.5. The van der Waals surface area contributed by atoms with Crippen LogP contribution >= 0.6 is 22.6 Å². The zero-order valence-electron chi connectivity index (χ0n) is 12.2. The number of hydrogen-bond donors (Lipinski definition) is 1. The number of H-pyrrole nitrogens is 1. The lowest BCUT2D eigenvalue weighted by molar-refractivity contribution is 0.103. The first-order valence-electron chi connectivity index (χ1n) is 6.57. The first kappa shape index (κ1) is 15.7. The Morgan fingerprint density at radius 1 is 1.19 bits per heavy atom. The molecule has 0 bridgehead atoms. The summed E-state index contributed by atoms with van der Waals surface area (Å²) in [5, 5.41) is 0. The van der Waals surface area contributed by atoms with Gasteiger partial charge in [0.25, 0.3) is 5.56 Å². The highest BCUT2D eigenvalue weighted by Crippen LogP contribution is 2.14. The van der Waals surface area contributed by atoms with E-state index < -0.39 is 0 Å². The number of aromatic nitrogens is 1. The molecule has 0 fully saturated rings. The minimum atomic E-state index is -0.326. The van der Waals surface area contributed by atoms with E-state index in [4.69, 9.17) is 0 Å². The van der Waals surface area contributed by atoms with Gasteiger partial charge in [0.1, 0.15) is 0 Å². The molecule has 0 amide bonds. The Hall–Kier alpha value is -1.69. The molecule has 3 nitrogen and oxygen atoms in total. The number of carbonyl (C=O) groups excluding carboxylic acids is 1. The van der Waals surface area contributed by atoms with Crippen LogP contribution in [0.5, 0.6) is 0 Å². The van der Waals surface area contributed by atoms with Crippen molar-refractivity contribution in [2.75, 3.05) is 0 Å². The molecule has 0 aliphatic carbocycles. The number of pyridine rings is 1. The summed E-state index contributed by atoms with van der Waals surface area (Å²) in [5.74, 6) is -0.229. The van der Waals surface area contributed by atoms with Gasteiger partial charge in [0, 0.05) is 9.26 Å². The Labute approximate surface area is 137 Å². The van der Waals surface area contributed by atoms with E-state index in [1.54, 1.807) is 26.8 Å². The van der Waals surface area contributed by atoms with Crippen LogP contribution in [-0.2, 0) is 0 Å². The first-order chi connectivity index (χ1) is 9.88. The average Bonchev–Trinajstić information content (AvgIpc) is 2.40. The van der Waals surface area contributed by atoms with Gasteiger partial charge in [-0.25, -0.2) is 0 Å². The van der Waals surface area contributed by atoms with Gasteiger partial charge in [0.2, 0.25) is 0 Å². The third kappa shape index (κ3) is 3.69. The second-order valence-electron chi connectivity index (χ2n) is 5.05. The van der Waals surface area contributed by atoms with Crippen LogP contribution in [0.4, 0.5) is 0 Å². The number of ketones is 1. The molecule has 0 aliphatic heterocycles. The summed E-state index contributed by atoms with van der Waals surface area (Å²) < 4.78 is 1.14. The van der Waals surface area contributed by atoms with Gasteiger partial charge in [-0.3, -0.25) is 9.59 Å². The zero-order valence-corrected chi connectivity index (χ0v) is 14.3. The fourth-order valence-corrected chi connectivity index (χ4v) is 2.57. The zero-order chi connectivity index (χ0) is 15.6. The largest absolute Gasteiger partial charge is 0.326 e. The van der Waals surface area contributed by atoms with Gasteiger partial charge in [-0.2, -0.15) is 0 Å². The molecule has 0 atom stereocenters. The van der Waals surface area contributed by atoms with Gasteiger partial charge in [-0.15, -0.1) is 0 Å². The summed E-state index contributed by atoms with van der Waals surface area (Å²) in [7, 11) is 0. The molecule has 108 valence electrons. The molecular formula is C17H16INO2. The van der Waals surface area contributed by atoms with Crippen molar-refractivity contribution in [3.05, 3.63) is 72.2 Å². The van der Waals surface area contributed by atoms with E-state index >= 15 is 0 Å². The van der Waals surface area contributed by atoms with Gasteiger partial charge < -0.3 is 4.98 Å². The van der Waals surface area contributed by atoms with Crippen LogP contribution in [0.25, 0.3) is 6.08 Å². The Bertz CT molecular complexity index is 770. The number of halogens is 1. The van der Waals surface area contributed by atoms with Crippen LogP contribution in [-0.4, -0.2) is 10.8 Å². The van der Waals surface area contributed by atoms with E-state index in [1.807, 2.05) is 30.3 Å². The molecule has 0 spiro atoms. The molecule has 0 unspecified atom stereocenters. The molecule has 2 aromatic rings. The van der Waals surface area contributed by atoms with Crippen molar-refractivity contribution >= 4 is 34.5 Å². The highest BCUT2D eigenvalue weighted by atomic mass is 127. The number of benzene rings is 1. The topological polar surface area (TPSA) is 49.9 Å². The third-order valence-corrected chi connectivity index (χ3v) is 3.92. The van der Waals surface area contributed by atoms with E-state index in [-0.39, 0.29) is 16.9 Å². The Balaban J connectivity index is 2.40. The molecule has 1 aromatic heterocycles. The van der Waals surface area contributed by atoms with E-state index in [9.17, 15) is 9.59 Å². The number of allylic oxidation sites excluding steroid dienone is 1. The molecule has 0 aliphatic rings. The van der Waals surface area contributed by atoms with Gasteiger partial charge in [-0.1, -0.05) is 12.1 Å². The maximum Gasteiger partial charge on any atom is 0.259 e. The first-order valence-corrected chi connectivity index (χ1v) is 7.65. The SMILES string of the molecule is CC(=Cc1ccc(I)cc1)C(=O)c1c(C)cc(C)[nH]c1=O. The lowest BCUT2D eigenvalue weighted by Crippen LogP contribution is -2.21. The van der Waals surface area contributed by atoms with Gasteiger partial charge in [-0.05, 0) is 84.3 Å². The Kier molecular flexibility index (Phi) is 4.77. The molecule has 1 aromatic carbocycles. The molecule has 1 N–H and O–H groups in total. The van der Waals surface area contributed by atoms with Crippen molar-refractivity contribution in [1.29, 1.82) is 0 Å². The van der Waals surface area contributed by atoms with Crippen LogP contribution in [0.2, 0.25) is 0 Å². The fraction of sp³-hybridized carbons (Fsp3) is 0.176. The number of hydrogen-bond acceptors (Lipinski definition) is 2. The van der Waals surface area contributed by atoms with E-state index in [0.29, 0.717) is 11.1 Å². The summed E-state index contributed by atoms with van der Waals surface area (Å²) in [6.07, 6.45) is 1.80. The molecule has 0 saturated heterocycles. The van der Waals surface area contributed by atoms with Crippen molar-refractivity contribution < 1.29 is 4.79 Å². The average molecular weight is 393 g/mol. The Morgan fingerprint density at radius 2 is 1.81 bits per heavy atom. The quantitative estimate of drug-likeness (QED) is 0.489. The van der Waals surface area contributed by atoms with Crippen LogP contribution in [0.3, 0.4) is 0 Å². The van der Waals surface area contributed by atoms with Crippen LogP contribution in [0.1, 0.15) is 34.1 Å². The molecule has 4 heteroatoms. The third-order valence-electron chi connectivity index (χ3n) is 3.20. The number of carbonyl (C=O) groups is 1. The second kappa shape index (κ2) is 6.39. The van der Waals surface area contributed by atoms with E-state index in [0.717, 1.165) is 14.8 Å². The molecule has 1 heterocycles. The Morgan fingerprint density at radius 3 is 2.38 bits per heavy atom. The standard InChI is InChI=1S/C17H16INO2/c1-10-8-12(3)19-17(21)15(10)16(20)11(2)9-13-4-6-14(18)7-5-13/h4-9H,1-3H3,(H,19,21). The van der Waals surface area contributed by atoms with Gasteiger partial charge >= 0.3 is 0 Å². The predicted molar refractivity (Wildman–Crippen MR) is 93.7 cm³/mol. The minimum Gasteiger partial charge on any atom is -0.326 e. The summed E-state index contributed by atoms with van der Waals surface area (Å²) in [6, 6.07) is 9.67. The number of rotatable bonds is 3. The van der Waals surface area contributed by atoms with E-state index in [2.05, 4.69) is 27.6 Å². The summed E-state index contributed by atoms with van der Waals surface area (Å²) in [4.78, 5) is 27.2. The smallest absolute Gasteiger partial charge is 0.259 e. The van der Waals surface area contributed by atoms with Crippen LogP contribution in [0, 0.1) is 17.4 Å². The maximum atomic E-state index is 12.5. The summed E-state index contributed by atoms with van der Waals surface area (Å²) in [6.45, 7) is 5.32. The van der Waals surface area contributed by atoms with Crippen molar-refractivity contribution in [1.82, 2.24) is 4.98 Å². The fourth-order valence-electron chi connectivity index (χ4n) is 2.21. The minimum absolute atomic E-state index is 0.222. The van der Waals surface area contributed by atoms with Crippen molar-refractivity contribution in [3.63, 3.8) is 0 Å². The number of nitrogens with one attached hydrogen (secondary N) is 1. The number of Topliss-reactive ketones (excluding diaryl/α,β-unsaturated/α-hetero) is 1. The van der Waals surface area contributed by atoms with Crippen molar-refractivity contribution in [2.24, 2.45) is 0 Å². The lowest BCUT2D eigenvalue weighted by atomic mass is 9.99. The van der Waals surface area contributed by atoms with E-state index in [1.165, 1.54) is 0 Å². The van der Waals surface area contributed by atoms with Crippen LogP contribution in [0.15, 0.2) is 40.7 Å². The lowest BCUT2D eigenvalue weighted by Gasteiger charge is -2.06. The maximum absolute atomic E-state index is 12.5. The summed E-state index contributed by atoms with van der Waals surface area (Å²) in [5.41, 5.74) is 2.86. The highest BCUT2D eigenvalue weighted by molar-refractivity contribution is 14.1. The van der Waals surface area contributed by atoms with Crippen molar-refractivity contribution in [3.8, 4) is 0 Å². The summed E-state index contributed by atoms with van der Waals surface area (Å²) >= 11 is 2.23. The molecule has 0 radical (unpaired) electrons. The monoisotopic (exact) mass is 393 g/mol. The molecular weight excluding hydrogens is 377 g/mol. The van der Waals surface area contributed by atoms with Gasteiger partial charge in [0.15, 0.2) is 5.78 Å². The number of aryl methyl sites for hydroxylation is 2. The molecule has 21 heavy (non-hydrogen) atoms. The van der Waals surface area contributed by atoms with Crippen molar-refractivity contribution in [2.45, 2.75) is 20.8 Å². The molecule has 2 rings (SSSR count). The predicted octanol–water partition coefficient (Wildman–Crippen LogP) is 3.88. The number of aromatic amines is 1. The molecule has 0 saturated carbocycles. The highest BCUT2D eigenvalue weighted by Gasteiger charge is 2.15. The second-order valence-corrected chi connectivity index (χ2v) is 6.29. The van der Waals surface area contributed by atoms with Gasteiger partial charge in [0.05, 0.1) is 5.56 Å².